The average Bonchev–Trinajstić information content (AvgIpc) is 2.67. The molecule has 2 N–H and O–H groups in total. The molecule has 158 valence electrons. The van der Waals surface area contributed by atoms with Crippen LogP contribution in [0.3, 0.4) is 0 Å². The Morgan fingerprint density at radius 2 is 1.93 bits per heavy atom. The molecule has 1 aromatic carbocycles. The van der Waals surface area contributed by atoms with Gasteiger partial charge in [-0.25, -0.2) is 8.78 Å². The number of benzene rings is 1. The first kappa shape index (κ1) is 22.6. The highest BCUT2D eigenvalue weighted by Crippen LogP contribution is 2.28. The highest BCUT2D eigenvalue weighted by molar-refractivity contribution is 5.75. The van der Waals surface area contributed by atoms with Crippen molar-refractivity contribution in [3.63, 3.8) is 0 Å². The van der Waals surface area contributed by atoms with Crippen molar-refractivity contribution in [3.05, 3.63) is 29.8 Å². The summed E-state index contributed by atoms with van der Waals surface area (Å²) in [4.78, 5) is 12.1. The molecule has 0 aromatic heterocycles. The summed E-state index contributed by atoms with van der Waals surface area (Å²) in [6, 6.07) is 7.06. The van der Waals surface area contributed by atoms with E-state index in [0.29, 0.717) is 12.8 Å². The van der Waals surface area contributed by atoms with Gasteiger partial charge in [-0.2, -0.15) is 0 Å². The molecule has 1 aliphatic rings. The first-order valence-electron chi connectivity index (χ1n) is 9.78. The van der Waals surface area contributed by atoms with Gasteiger partial charge in [0.05, 0.1) is 19.8 Å². The molecule has 0 spiro atoms. The zero-order chi connectivity index (χ0) is 20.7. The van der Waals surface area contributed by atoms with E-state index in [1.807, 2.05) is 24.3 Å². The lowest BCUT2D eigenvalue weighted by Crippen LogP contribution is -2.41. The molecule has 0 aliphatic carbocycles. The fourth-order valence-electron chi connectivity index (χ4n) is 3.53. The van der Waals surface area contributed by atoms with Crippen LogP contribution in [0.15, 0.2) is 24.3 Å². The van der Waals surface area contributed by atoms with Crippen molar-refractivity contribution in [1.29, 1.82) is 0 Å². The molecule has 0 bridgehead atoms. The highest BCUT2D eigenvalue weighted by Gasteiger charge is 2.34. The number of halogens is 2. The predicted molar refractivity (Wildman–Crippen MR) is 103 cm³/mol. The summed E-state index contributed by atoms with van der Waals surface area (Å²) in [6.07, 6.45) is 1.32. The Kier molecular flexibility index (Phi) is 8.19. The zero-order valence-corrected chi connectivity index (χ0v) is 16.8. The maximum atomic E-state index is 13.2. The minimum atomic E-state index is -2.80. The number of carbonyl (C=O) groups excluding carboxylic acids is 1. The lowest BCUT2D eigenvalue weighted by Gasteiger charge is -2.31. The lowest BCUT2D eigenvalue weighted by atomic mass is 9.87. The van der Waals surface area contributed by atoms with Gasteiger partial charge in [-0.15, -0.1) is 0 Å². The Bertz CT molecular complexity index is 618. The summed E-state index contributed by atoms with van der Waals surface area (Å²) in [7, 11) is 1.61. The minimum Gasteiger partial charge on any atom is -0.497 e. The van der Waals surface area contributed by atoms with E-state index in [0.717, 1.165) is 31.1 Å². The summed E-state index contributed by atoms with van der Waals surface area (Å²) in [6.45, 7) is 2.52. The van der Waals surface area contributed by atoms with Crippen LogP contribution in [0.1, 0.15) is 45.1 Å². The normalized spacial score (nSPS) is 26.7. The molecular weight excluding hydrogens is 368 g/mol. The summed E-state index contributed by atoms with van der Waals surface area (Å²) < 4.78 is 43.0. The van der Waals surface area contributed by atoms with Gasteiger partial charge in [0.25, 0.3) is 0 Å². The van der Waals surface area contributed by atoms with E-state index in [1.165, 1.54) is 0 Å². The number of ether oxygens (including phenoxy) is 3. The Balaban J connectivity index is 2.16. The average molecular weight is 399 g/mol. The number of cyclic esters (lactones) is 1. The van der Waals surface area contributed by atoms with Crippen LogP contribution in [0.2, 0.25) is 0 Å². The van der Waals surface area contributed by atoms with Gasteiger partial charge >= 0.3 is 5.97 Å². The van der Waals surface area contributed by atoms with E-state index in [1.54, 1.807) is 14.0 Å². The Morgan fingerprint density at radius 1 is 1.25 bits per heavy atom. The van der Waals surface area contributed by atoms with Gasteiger partial charge in [-0.3, -0.25) is 4.79 Å². The summed E-state index contributed by atoms with van der Waals surface area (Å²) in [5.74, 6) is -2.48. The molecule has 0 saturated carbocycles. The maximum absolute atomic E-state index is 13.2. The standard InChI is InChI=1S/C21H31F2NO4/c1-14-19(27-12-11-21(2,22)23)16(5-4-6-18(24)20(25)28-14)13-15-7-9-17(26-3)10-8-15/h7-10,14,16,18-19H,4-6,11-13,24H2,1-3H3/t14-,16+,18-,19-/m0/s1. The van der Waals surface area contributed by atoms with Gasteiger partial charge < -0.3 is 19.9 Å². The van der Waals surface area contributed by atoms with Crippen molar-refractivity contribution in [1.82, 2.24) is 0 Å². The SMILES string of the molecule is COc1ccc(C[C@H]2CCC[C@H](N)C(=O)O[C@@H](C)[C@@H]2OCCC(C)(F)F)cc1. The molecule has 1 aromatic rings. The van der Waals surface area contributed by atoms with Gasteiger partial charge in [0.1, 0.15) is 17.9 Å². The van der Waals surface area contributed by atoms with Gasteiger partial charge in [-0.1, -0.05) is 18.6 Å². The van der Waals surface area contributed by atoms with Crippen LogP contribution in [0, 0.1) is 5.92 Å². The van der Waals surface area contributed by atoms with Gasteiger partial charge in [0.2, 0.25) is 5.92 Å². The van der Waals surface area contributed by atoms with Crippen molar-refractivity contribution in [2.45, 2.75) is 70.1 Å². The molecule has 1 aliphatic heterocycles. The monoisotopic (exact) mass is 399 g/mol. The molecule has 1 heterocycles. The van der Waals surface area contributed by atoms with Crippen LogP contribution < -0.4 is 10.5 Å². The van der Waals surface area contributed by atoms with E-state index in [4.69, 9.17) is 19.9 Å². The molecular formula is C21H31F2NO4. The number of nitrogens with two attached hydrogens (primary N) is 1. The van der Waals surface area contributed by atoms with Crippen molar-refractivity contribution in [2.24, 2.45) is 11.7 Å². The smallest absolute Gasteiger partial charge is 0.323 e. The van der Waals surface area contributed by atoms with E-state index in [2.05, 4.69) is 0 Å². The first-order valence-corrected chi connectivity index (χ1v) is 9.78. The van der Waals surface area contributed by atoms with Crippen molar-refractivity contribution in [3.8, 4) is 5.75 Å². The number of esters is 1. The first-order chi connectivity index (χ1) is 13.2. The van der Waals surface area contributed by atoms with Crippen LogP contribution in [0.5, 0.6) is 5.75 Å². The minimum absolute atomic E-state index is 0.0203. The number of rotatable bonds is 7. The predicted octanol–water partition coefficient (Wildman–Crippen LogP) is 3.73. The van der Waals surface area contributed by atoms with Crippen molar-refractivity contribution >= 4 is 5.97 Å². The summed E-state index contributed by atoms with van der Waals surface area (Å²) in [5.41, 5.74) is 6.97. The van der Waals surface area contributed by atoms with Crippen LogP contribution in [-0.4, -0.2) is 43.9 Å². The van der Waals surface area contributed by atoms with Gasteiger partial charge in [0.15, 0.2) is 0 Å². The molecule has 1 fully saturated rings. The van der Waals surface area contributed by atoms with Gasteiger partial charge in [0, 0.05) is 6.42 Å². The molecule has 4 atom stereocenters. The molecule has 28 heavy (non-hydrogen) atoms. The fourth-order valence-corrected chi connectivity index (χ4v) is 3.53. The van der Waals surface area contributed by atoms with E-state index >= 15 is 0 Å². The second-order valence-corrected chi connectivity index (χ2v) is 7.65. The van der Waals surface area contributed by atoms with Gasteiger partial charge in [-0.05, 0) is 56.7 Å². The quantitative estimate of drug-likeness (QED) is 0.708. The molecule has 5 nitrogen and oxygen atoms in total. The summed E-state index contributed by atoms with van der Waals surface area (Å²) in [5, 5.41) is 0. The Hall–Kier alpha value is -1.73. The van der Waals surface area contributed by atoms with Crippen molar-refractivity contribution < 1.29 is 27.8 Å². The van der Waals surface area contributed by atoms with E-state index in [9.17, 15) is 13.6 Å². The number of alkyl halides is 2. The second kappa shape index (κ2) is 10.2. The Labute approximate surface area is 165 Å². The van der Waals surface area contributed by atoms with Crippen LogP contribution in [-0.2, 0) is 20.7 Å². The highest BCUT2D eigenvalue weighted by atomic mass is 19.3. The largest absolute Gasteiger partial charge is 0.497 e. The van der Waals surface area contributed by atoms with E-state index < -0.39 is 30.1 Å². The third kappa shape index (κ3) is 7.02. The number of methoxy groups -OCH3 is 1. The van der Waals surface area contributed by atoms with Crippen molar-refractivity contribution in [2.75, 3.05) is 13.7 Å². The molecule has 7 heteroatoms. The third-order valence-corrected chi connectivity index (χ3v) is 5.13. The third-order valence-electron chi connectivity index (χ3n) is 5.13. The zero-order valence-electron chi connectivity index (χ0n) is 16.8. The lowest BCUT2D eigenvalue weighted by molar-refractivity contribution is -0.161. The van der Waals surface area contributed by atoms with Crippen LogP contribution in [0.25, 0.3) is 0 Å². The Morgan fingerprint density at radius 3 is 2.54 bits per heavy atom. The molecule has 1 saturated heterocycles. The molecule has 2 rings (SSSR count). The van der Waals surface area contributed by atoms with E-state index in [-0.39, 0.29) is 18.9 Å². The second-order valence-electron chi connectivity index (χ2n) is 7.65. The van der Waals surface area contributed by atoms with Crippen LogP contribution >= 0.6 is 0 Å². The fraction of sp³-hybridized carbons (Fsp3) is 0.667. The number of hydrogen-bond acceptors (Lipinski definition) is 5. The summed E-state index contributed by atoms with van der Waals surface area (Å²) >= 11 is 0. The molecule has 0 radical (unpaired) electrons. The number of hydrogen-bond donors (Lipinski definition) is 1. The molecule has 0 unspecified atom stereocenters. The maximum Gasteiger partial charge on any atom is 0.323 e. The van der Waals surface area contributed by atoms with Crippen LogP contribution in [0.4, 0.5) is 8.78 Å². The number of carbonyl (C=O) groups is 1. The topological polar surface area (TPSA) is 70.8 Å². The molecule has 0 amide bonds.